The van der Waals surface area contributed by atoms with Crippen LogP contribution in [0.5, 0.6) is 0 Å². The summed E-state index contributed by atoms with van der Waals surface area (Å²) in [4.78, 5) is 43.5. The minimum atomic E-state index is -4.30. The fourth-order valence-electron chi connectivity index (χ4n) is 13.8. The van der Waals surface area contributed by atoms with Gasteiger partial charge in [-0.3, -0.25) is 0 Å². The highest BCUT2D eigenvalue weighted by atomic mass is 32.2. The molecule has 10 rings (SSSR count). The maximum absolute atomic E-state index is 14.0. The molecule has 70 heavy (non-hydrogen) atoms. The molecule has 2 aromatic carbocycles. The van der Waals surface area contributed by atoms with Crippen LogP contribution in [0.2, 0.25) is 0 Å². The first-order chi connectivity index (χ1) is 33.3. The third-order valence-electron chi connectivity index (χ3n) is 18.3. The van der Waals surface area contributed by atoms with E-state index in [4.69, 9.17) is 9.68 Å². The van der Waals surface area contributed by atoms with Gasteiger partial charge in [0.25, 0.3) is 20.0 Å². The summed E-state index contributed by atoms with van der Waals surface area (Å²) in [6.45, 7) is 9.52. The van der Waals surface area contributed by atoms with E-state index in [1.54, 1.807) is 24.3 Å². The van der Waals surface area contributed by atoms with Gasteiger partial charge in [-0.05, 0) is 174 Å². The van der Waals surface area contributed by atoms with Gasteiger partial charge in [-0.15, -0.1) is 0 Å². The van der Waals surface area contributed by atoms with Gasteiger partial charge >= 0.3 is 11.9 Å². The van der Waals surface area contributed by atoms with Crippen LogP contribution in [0.15, 0.2) is 48.5 Å². The van der Waals surface area contributed by atoms with E-state index in [0.717, 1.165) is 88.9 Å². The number of piperidine rings is 2. The normalized spacial score (nSPS) is 30.9. The molecule has 12 nitrogen and oxygen atoms in total. The van der Waals surface area contributed by atoms with E-state index >= 15 is 0 Å². The smallest absolute Gasteiger partial charge is 0.314 e. The van der Waals surface area contributed by atoms with E-state index in [-0.39, 0.29) is 47.9 Å². The molecule has 2 aromatic rings. The largest absolute Gasteiger partial charge is 0.444 e. The van der Waals surface area contributed by atoms with E-state index in [0.29, 0.717) is 95.8 Å². The molecule has 2 saturated heterocycles. The topological polar surface area (TPSA) is 134 Å². The van der Waals surface area contributed by atoms with E-state index in [1.165, 1.54) is 12.1 Å². The van der Waals surface area contributed by atoms with Crippen LogP contribution < -0.4 is 8.94 Å². The van der Waals surface area contributed by atoms with Crippen molar-refractivity contribution in [1.82, 2.24) is 9.80 Å². The Bertz CT molecular complexity index is 2310. The third kappa shape index (κ3) is 9.62. The zero-order valence-corrected chi connectivity index (χ0v) is 42.2. The molecule has 2 unspecified atom stereocenters. The van der Waals surface area contributed by atoms with Gasteiger partial charge < -0.3 is 19.5 Å². The monoisotopic (exact) mass is 1020 g/mol. The number of likely N-dealkylation sites (tertiary alicyclic amines) is 2. The van der Waals surface area contributed by atoms with Gasteiger partial charge in [0.2, 0.25) is 11.8 Å². The number of anilines is 2. The lowest BCUT2D eigenvalue weighted by Crippen LogP contribution is -2.42. The second-order valence-corrected chi connectivity index (χ2v) is 26.5. The summed E-state index contributed by atoms with van der Waals surface area (Å²) in [5, 5.41) is -1.65. The number of hydrogen-bond acceptors (Lipinski definition) is 10. The standard InChI is InChI=1S/C52H70F4N4O8S2/c1-3-51(43-31-57(32-44(43)51)27-7-9-35-19-23-49(53,54)24-20-35)37-11-5-13-39(29-37)59(69(63,64)41-15-16-41)67-47(61)48(62)68-60(70(65,66)42-17-18-42)40-14-6-12-38(30-40)52(4-2)45-33-58(34-46(45)52)28-8-10-36-21-25-50(55,56)26-22-36/h5-6,11-14,29-30,35-36,41-46H,3-4,7-10,15-28,31-34H2,1-2H3/t43-,44+,45-,46+,51?,52?. The molecule has 18 heteroatoms. The van der Waals surface area contributed by atoms with Crippen LogP contribution in [0.1, 0.15) is 141 Å². The van der Waals surface area contributed by atoms with Gasteiger partial charge in [0.1, 0.15) is 0 Å². The van der Waals surface area contributed by atoms with Crippen LogP contribution in [0, 0.1) is 35.5 Å². The molecular formula is C52H70F4N4O8S2. The Morgan fingerprint density at radius 1 is 0.571 bits per heavy atom. The summed E-state index contributed by atoms with van der Waals surface area (Å²) < 4.78 is 112. The van der Waals surface area contributed by atoms with Gasteiger partial charge in [-0.2, -0.15) is 0 Å². The second kappa shape index (κ2) is 18.8. The first kappa shape index (κ1) is 50.1. The van der Waals surface area contributed by atoms with Crippen molar-refractivity contribution in [1.29, 1.82) is 0 Å². The van der Waals surface area contributed by atoms with Crippen LogP contribution in [0.25, 0.3) is 0 Å². The zero-order chi connectivity index (χ0) is 49.4. The highest BCUT2D eigenvalue weighted by Gasteiger charge is 2.68. The summed E-state index contributed by atoms with van der Waals surface area (Å²) in [7, 11) is -8.59. The van der Waals surface area contributed by atoms with E-state index in [2.05, 4.69) is 23.6 Å². The molecular weight excluding hydrogens is 949 g/mol. The minimum absolute atomic E-state index is 0.0207. The molecule has 0 amide bonds. The van der Waals surface area contributed by atoms with E-state index < -0.39 is 54.3 Å². The summed E-state index contributed by atoms with van der Waals surface area (Å²) in [6.07, 6.45) is 9.05. The molecule has 0 aromatic heterocycles. The molecule has 0 N–H and O–H groups in total. The Morgan fingerprint density at radius 2 is 0.914 bits per heavy atom. The minimum Gasteiger partial charge on any atom is -0.314 e. The molecule has 8 aliphatic rings. The van der Waals surface area contributed by atoms with Gasteiger partial charge in [0.15, 0.2) is 0 Å². The predicted molar refractivity (Wildman–Crippen MR) is 257 cm³/mol. The number of alkyl halides is 4. The van der Waals surface area contributed by atoms with Gasteiger partial charge in [0.05, 0.1) is 21.9 Å². The zero-order valence-electron chi connectivity index (χ0n) is 40.6. The number of sulfonamides is 2. The van der Waals surface area contributed by atoms with Crippen molar-refractivity contribution in [3.05, 3.63) is 59.7 Å². The lowest BCUT2D eigenvalue weighted by molar-refractivity contribution is -0.166. The Hall–Kier alpha value is -3.48. The molecule has 6 saturated carbocycles. The van der Waals surface area contributed by atoms with Gasteiger partial charge in [-0.1, -0.05) is 47.0 Å². The number of hydrogen-bond donors (Lipinski definition) is 0. The van der Waals surface area contributed by atoms with Crippen LogP contribution in [0.4, 0.5) is 28.9 Å². The Kier molecular flexibility index (Phi) is 13.4. The molecule has 0 spiro atoms. The van der Waals surface area contributed by atoms with Crippen LogP contribution >= 0.6 is 0 Å². The van der Waals surface area contributed by atoms with Crippen molar-refractivity contribution in [3.8, 4) is 0 Å². The van der Waals surface area contributed by atoms with Crippen molar-refractivity contribution in [2.45, 2.75) is 163 Å². The average molecular weight is 1020 g/mol. The predicted octanol–water partition coefficient (Wildman–Crippen LogP) is 9.53. The maximum Gasteiger partial charge on any atom is 0.444 e. The average Bonchev–Trinajstić information content (AvgIpc) is 4.24. The Labute approximate surface area is 411 Å². The number of halogens is 4. The van der Waals surface area contributed by atoms with Crippen molar-refractivity contribution >= 4 is 43.4 Å². The summed E-state index contributed by atoms with van der Waals surface area (Å²) in [5.74, 6) is -6.40. The van der Waals surface area contributed by atoms with E-state index in [9.17, 15) is 44.0 Å². The fourth-order valence-corrected chi connectivity index (χ4v) is 17.0. The number of fused-ring (bicyclic) bond motifs is 2. The first-order valence-corrected chi connectivity index (χ1v) is 29.3. The first-order valence-electron chi connectivity index (χ1n) is 26.3. The van der Waals surface area contributed by atoms with Crippen molar-refractivity contribution in [2.75, 3.05) is 48.2 Å². The number of benzene rings is 2. The highest BCUT2D eigenvalue weighted by Crippen LogP contribution is 2.67. The number of nitrogens with zero attached hydrogens (tertiary/aromatic N) is 4. The van der Waals surface area contributed by atoms with Gasteiger partial charge in [0, 0.05) is 62.7 Å². The number of carbonyl (C=O) groups excluding carboxylic acids is 2. The fraction of sp³-hybridized carbons (Fsp3) is 0.731. The molecule has 386 valence electrons. The lowest BCUT2D eigenvalue weighted by atomic mass is 9.84. The summed E-state index contributed by atoms with van der Waals surface area (Å²) in [5.41, 5.74) is 1.49. The maximum atomic E-state index is 14.0. The Balaban J connectivity index is 0.794. The molecule has 0 radical (unpaired) electrons. The van der Waals surface area contributed by atoms with Crippen LogP contribution in [-0.2, 0) is 50.1 Å². The summed E-state index contributed by atoms with van der Waals surface area (Å²) in [6, 6.07) is 13.8. The molecule has 2 aliphatic heterocycles. The second-order valence-electron chi connectivity index (χ2n) is 22.4. The Morgan fingerprint density at radius 3 is 1.23 bits per heavy atom. The number of carbonyl (C=O) groups is 2. The van der Waals surface area contributed by atoms with E-state index in [1.807, 2.05) is 12.1 Å². The molecule has 8 fully saturated rings. The SMILES string of the molecule is CCC1(c2cccc(N(OC(=O)C(=O)ON(c3cccc(C4(CC)[C@@H]5CN(CCCC6CCC(F)(F)CC6)C[C@@H]54)c3)S(=O)(=O)C3CC3)S(=O)(=O)C3CC3)c2)[C@@H]2CN(CCCC3CCC(F)(F)CC3)C[C@@H]21. The molecule has 2 heterocycles. The third-order valence-corrected chi connectivity index (χ3v) is 22.4. The summed E-state index contributed by atoms with van der Waals surface area (Å²) >= 11 is 0. The van der Waals surface area contributed by atoms with Crippen LogP contribution in [-0.4, -0.2) is 100 Å². The molecule has 0 bridgehead atoms. The van der Waals surface area contributed by atoms with Crippen molar-refractivity contribution < 1.29 is 53.7 Å². The number of rotatable bonds is 20. The van der Waals surface area contributed by atoms with Crippen LogP contribution in [0.3, 0.4) is 0 Å². The van der Waals surface area contributed by atoms with Crippen molar-refractivity contribution in [2.24, 2.45) is 35.5 Å². The van der Waals surface area contributed by atoms with Crippen molar-refractivity contribution in [3.63, 3.8) is 0 Å². The lowest BCUT2D eigenvalue weighted by Gasteiger charge is -2.30. The molecule has 6 atom stereocenters. The molecule has 6 aliphatic carbocycles. The highest BCUT2D eigenvalue weighted by molar-refractivity contribution is 7.93. The quantitative estimate of drug-likeness (QED) is 0.0718. The van der Waals surface area contributed by atoms with Gasteiger partial charge in [-0.25, -0.2) is 44.0 Å².